The van der Waals surface area contributed by atoms with E-state index < -0.39 is 0 Å². The molecule has 1 atom stereocenters. The van der Waals surface area contributed by atoms with Crippen LogP contribution in [0.5, 0.6) is 5.75 Å². The number of esters is 1. The van der Waals surface area contributed by atoms with Crippen LogP contribution in [-0.4, -0.2) is 32.0 Å². The maximum atomic E-state index is 12.0. The molecule has 4 rings (SSSR count). The molecular weight excluding hydrogens is 326 g/mol. The highest BCUT2D eigenvalue weighted by Gasteiger charge is 2.34. The molecule has 1 aromatic carbocycles. The average molecular weight is 343 g/mol. The highest BCUT2D eigenvalue weighted by Crippen LogP contribution is 2.43. The summed E-state index contributed by atoms with van der Waals surface area (Å²) < 4.78 is 10.8. The van der Waals surface area contributed by atoms with Crippen molar-refractivity contribution in [2.45, 2.75) is 25.5 Å². The third kappa shape index (κ3) is 2.29. The van der Waals surface area contributed by atoms with Gasteiger partial charge in [-0.1, -0.05) is 0 Å². The van der Waals surface area contributed by atoms with E-state index in [1.165, 1.54) is 7.11 Å². The highest BCUT2D eigenvalue weighted by molar-refractivity contribution is 7.08. The van der Waals surface area contributed by atoms with Gasteiger partial charge in [-0.15, -0.1) is 0 Å². The quantitative estimate of drug-likeness (QED) is 0.632. The first-order chi connectivity index (χ1) is 11.7. The minimum atomic E-state index is -0.341. The number of aldehydes is 1. The van der Waals surface area contributed by atoms with E-state index in [4.69, 9.17) is 9.47 Å². The van der Waals surface area contributed by atoms with Gasteiger partial charge in [0.2, 0.25) is 0 Å². The number of anilines is 1. The lowest BCUT2D eigenvalue weighted by molar-refractivity contribution is -0.141. The monoisotopic (exact) mass is 343 g/mol. The molecule has 0 N–H and O–H groups in total. The van der Waals surface area contributed by atoms with Gasteiger partial charge in [0.25, 0.3) is 0 Å². The summed E-state index contributed by atoms with van der Waals surface area (Å²) in [5.74, 6) is 0.500. The molecule has 0 aliphatic carbocycles. The predicted octanol–water partition coefficient (Wildman–Crippen LogP) is 3.26. The molecule has 2 aromatic rings. The first-order valence-corrected chi connectivity index (χ1v) is 8.83. The lowest BCUT2D eigenvalue weighted by Gasteiger charge is -2.28. The molecule has 0 amide bonds. The van der Waals surface area contributed by atoms with E-state index in [1.54, 1.807) is 11.3 Å². The van der Waals surface area contributed by atoms with Gasteiger partial charge in [-0.25, -0.2) is 4.79 Å². The third-order valence-corrected chi connectivity index (χ3v) is 5.50. The Bertz CT molecular complexity index is 813. The van der Waals surface area contributed by atoms with Crippen LogP contribution in [0.25, 0.3) is 11.1 Å². The number of fused-ring (bicyclic) bond motifs is 3. The van der Waals surface area contributed by atoms with Crippen molar-refractivity contribution >= 4 is 29.3 Å². The molecule has 1 fully saturated rings. The van der Waals surface area contributed by atoms with Gasteiger partial charge in [-0.2, -0.15) is 11.3 Å². The molecule has 2 aliphatic heterocycles. The van der Waals surface area contributed by atoms with Crippen molar-refractivity contribution < 1.29 is 19.1 Å². The van der Waals surface area contributed by atoms with Gasteiger partial charge in [-0.05, 0) is 29.7 Å². The molecule has 1 aromatic heterocycles. The fourth-order valence-electron chi connectivity index (χ4n) is 3.52. The molecule has 0 radical (unpaired) electrons. The number of hydrogen-bond donors (Lipinski definition) is 0. The Balaban J connectivity index is 1.80. The topological polar surface area (TPSA) is 55.8 Å². The van der Waals surface area contributed by atoms with Gasteiger partial charge >= 0.3 is 5.97 Å². The van der Waals surface area contributed by atoms with Crippen LogP contribution in [0.1, 0.15) is 28.8 Å². The maximum Gasteiger partial charge on any atom is 0.328 e. The van der Waals surface area contributed by atoms with Crippen molar-refractivity contribution in [2.75, 3.05) is 18.6 Å². The molecule has 1 saturated heterocycles. The van der Waals surface area contributed by atoms with Crippen LogP contribution in [0.2, 0.25) is 0 Å². The predicted molar refractivity (Wildman–Crippen MR) is 91.9 cm³/mol. The number of hydrogen-bond acceptors (Lipinski definition) is 6. The van der Waals surface area contributed by atoms with Crippen LogP contribution >= 0.6 is 11.3 Å². The number of thiophene rings is 1. The molecule has 124 valence electrons. The van der Waals surface area contributed by atoms with E-state index in [0.717, 1.165) is 53.8 Å². The molecule has 3 heterocycles. The first-order valence-electron chi connectivity index (χ1n) is 7.89. The molecule has 0 unspecified atom stereocenters. The molecule has 0 bridgehead atoms. The molecule has 24 heavy (non-hydrogen) atoms. The zero-order valence-corrected chi connectivity index (χ0v) is 14.1. The van der Waals surface area contributed by atoms with Crippen LogP contribution in [-0.2, 0) is 16.1 Å². The second-order valence-electron chi connectivity index (χ2n) is 6.00. The number of benzene rings is 1. The summed E-state index contributed by atoms with van der Waals surface area (Å²) in [6.45, 7) is 1.26. The van der Waals surface area contributed by atoms with E-state index in [1.807, 2.05) is 17.0 Å². The van der Waals surface area contributed by atoms with Crippen LogP contribution in [0.15, 0.2) is 22.9 Å². The lowest BCUT2D eigenvalue weighted by atomic mass is 9.98. The molecule has 2 aliphatic rings. The normalized spacial score (nSPS) is 18.5. The largest absolute Gasteiger partial charge is 0.488 e. The molecule has 6 heteroatoms. The number of methoxy groups -OCH3 is 1. The molecule has 0 spiro atoms. The van der Waals surface area contributed by atoms with Crippen molar-refractivity contribution in [3.8, 4) is 16.9 Å². The standard InChI is InChI=1S/C18H17NO4S/c1-22-18(21)15-3-2-4-19(15)16-6-17-13(5-11(16)7-20)14-10-24-9-12(14)8-23-17/h5-7,9-10,15H,2-4,8H2,1H3/t15-/m1/s1. The van der Waals surface area contributed by atoms with E-state index in [-0.39, 0.29) is 12.0 Å². The van der Waals surface area contributed by atoms with E-state index in [9.17, 15) is 9.59 Å². The molecular formula is C18H17NO4S. The Morgan fingerprint density at radius 1 is 1.38 bits per heavy atom. The maximum absolute atomic E-state index is 12.0. The van der Waals surface area contributed by atoms with Gasteiger partial charge in [0.1, 0.15) is 18.4 Å². The summed E-state index contributed by atoms with van der Waals surface area (Å²) in [5, 5.41) is 4.15. The van der Waals surface area contributed by atoms with Crippen molar-refractivity contribution in [1.29, 1.82) is 0 Å². The molecule has 5 nitrogen and oxygen atoms in total. The average Bonchev–Trinajstić information content (AvgIpc) is 3.28. The fraction of sp³-hybridized carbons (Fsp3) is 0.333. The zero-order chi connectivity index (χ0) is 16.7. The van der Waals surface area contributed by atoms with Crippen LogP contribution in [0.3, 0.4) is 0 Å². The Morgan fingerprint density at radius 2 is 2.25 bits per heavy atom. The minimum Gasteiger partial charge on any atom is -0.488 e. The fourth-order valence-corrected chi connectivity index (χ4v) is 4.36. The van der Waals surface area contributed by atoms with E-state index in [0.29, 0.717) is 12.2 Å². The number of rotatable bonds is 3. The summed E-state index contributed by atoms with van der Waals surface area (Å²) in [4.78, 5) is 25.7. The van der Waals surface area contributed by atoms with Gasteiger partial charge in [0.15, 0.2) is 6.29 Å². The number of carbonyl (C=O) groups is 2. The Kier molecular flexibility index (Phi) is 3.76. The second-order valence-corrected chi connectivity index (χ2v) is 6.74. The Hall–Kier alpha value is -2.34. The number of nitrogens with zero attached hydrogens (tertiary/aromatic N) is 1. The van der Waals surface area contributed by atoms with E-state index in [2.05, 4.69) is 10.8 Å². The Morgan fingerprint density at radius 3 is 3.04 bits per heavy atom. The smallest absolute Gasteiger partial charge is 0.328 e. The van der Waals surface area contributed by atoms with E-state index >= 15 is 0 Å². The summed E-state index contributed by atoms with van der Waals surface area (Å²) in [5.41, 5.74) is 4.53. The third-order valence-electron chi connectivity index (χ3n) is 4.71. The van der Waals surface area contributed by atoms with Gasteiger partial charge in [-0.3, -0.25) is 4.79 Å². The van der Waals surface area contributed by atoms with Crippen LogP contribution < -0.4 is 9.64 Å². The first kappa shape index (κ1) is 15.2. The Labute approximate surface area is 143 Å². The van der Waals surface area contributed by atoms with Crippen molar-refractivity contribution in [3.05, 3.63) is 34.0 Å². The van der Waals surface area contributed by atoms with Gasteiger partial charge in [0, 0.05) is 34.9 Å². The van der Waals surface area contributed by atoms with Gasteiger partial charge < -0.3 is 14.4 Å². The van der Waals surface area contributed by atoms with Crippen LogP contribution in [0, 0.1) is 0 Å². The number of carbonyl (C=O) groups excluding carboxylic acids is 2. The van der Waals surface area contributed by atoms with Crippen LogP contribution in [0.4, 0.5) is 5.69 Å². The molecule has 0 saturated carbocycles. The lowest BCUT2D eigenvalue weighted by Crippen LogP contribution is -2.37. The van der Waals surface area contributed by atoms with Crippen molar-refractivity contribution in [2.24, 2.45) is 0 Å². The van der Waals surface area contributed by atoms with Gasteiger partial charge in [0.05, 0.1) is 12.8 Å². The zero-order valence-electron chi connectivity index (χ0n) is 13.3. The summed E-state index contributed by atoms with van der Waals surface area (Å²) >= 11 is 1.63. The highest BCUT2D eigenvalue weighted by atomic mass is 32.1. The summed E-state index contributed by atoms with van der Waals surface area (Å²) in [6.07, 6.45) is 2.48. The number of ether oxygens (including phenoxy) is 2. The van der Waals surface area contributed by atoms with Crippen molar-refractivity contribution in [3.63, 3.8) is 0 Å². The second kappa shape index (κ2) is 5.94. The minimum absolute atomic E-state index is 0.261. The SMILES string of the molecule is COC(=O)[C@H]1CCCN1c1cc2c(cc1C=O)-c1cscc1CO2. The van der Waals surface area contributed by atoms with Crippen molar-refractivity contribution in [1.82, 2.24) is 0 Å². The summed E-state index contributed by atoms with van der Waals surface area (Å²) in [7, 11) is 1.40. The summed E-state index contributed by atoms with van der Waals surface area (Å²) in [6, 6.07) is 3.42.